The number of rotatable bonds is 6. The van der Waals surface area contributed by atoms with Gasteiger partial charge in [-0.25, -0.2) is 8.42 Å². The number of hydrogen-bond acceptors (Lipinski definition) is 8. The molecule has 10 nitrogen and oxygen atoms in total. The minimum absolute atomic E-state index is 0.0783. The SMILES string of the molecule is CCS(=O)(=O)c1ccccc1C(=O)N=c1sc2ccc([N+](=O)[O-])cc2n1CC(=O)OC. The van der Waals surface area contributed by atoms with Crippen LogP contribution in [-0.4, -0.2) is 42.6 Å². The van der Waals surface area contributed by atoms with Gasteiger partial charge in [-0.1, -0.05) is 30.4 Å². The summed E-state index contributed by atoms with van der Waals surface area (Å²) in [7, 11) is -2.48. The molecule has 2 aromatic carbocycles. The Morgan fingerprint density at radius 3 is 2.58 bits per heavy atom. The third-order valence-corrected chi connectivity index (χ3v) is 7.27. The maximum Gasteiger partial charge on any atom is 0.325 e. The Kier molecular flexibility index (Phi) is 6.32. The van der Waals surface area contributed by atoms with Crippen LogP contribution < -0.4 is 4.80 Å². The first-order valence-electron chi connectivity index (χ1n) is 8.93. The minimum atomic E-state index is -3.67. The molecule has 0 saturated heterocycles. The molecule has 3 aromatic rings. The van der Waals surface area contributed by atoms with Crippen molar-refractivity contribution in [2.75, 3.05) is 12.9 Å². The number of benzene rings is 2. The van der Waals surface area contributed by atoms with Crippen molar-refractivity contribution < 1.29 is 27.7 Å². The lowest BCUT2D eigenvalue weighted by Gasteiger charge is -2.06. The van der Waals surface area contributed by atoms with Crippen LogP contribution >= 0.6 is 11.3 Å². The van der Waals surface area contributed by atoms with E-state index in [2.05, 4.69) is 9.73 Å². The van der Waals surface area contributed by atoms with Crippen molar-refractivity contribution in [3.8, 4) is 0 Å². The highest BCUT2D eigenvalue weighted by Gasteiger charge is 2.21. The molecule has 0 radical (unpaired) electrons. The van der Waals surface area contributed by atoms with E-state index in [1.807, 2.05) is 0 Å². The molecule has 3 rings (SSSR count). The van der Waals surface area contributed by atoms with Gasteiger partial charge < -0.3 is 9.30 Å². The summed E-state index contributed by atoms with van der Waals surface area (Å²) in [5, 5.41) is 11.1. The number of thiazole rings is 1. The number of nitrogens with zero attached hydrogens (tertiary/aromatic N) is 3. The predicted octanol–water partition coefficient (Wildman–Crippen LogP) is 2.32. The molecular weight excluding hydrogens is 446 g/mol. The second-order valence-electron chi connectivity index (χ2n) is 6.27. The Bertz CT molecular complexity index is 1370. The quantitative estimate of drug-likeness (QED) is 0.311. The lowest BCUT2D eigenvalue weighted by atomic mass is 10.2. The average molecular weight is 463 g/mol. The van der Waals surface area contributed by atoms with Gasteiger partial charge in [-0.15, -0.1) is 0 Å². The van der Waals surface area contributed by atoms with Crippen molar-refractivity contribution in [1.82, 2.24) is 4.57 Å². The molecule has 0 atom stereocenters. The van der Waals surface area contributed by atoms with Crippen molar-refractivity contribution in [3.63, 3.8) is 0 Å². The highest BCUT2D eigenvalue weighted by molar-refractivity contribution is 7.91. The van der Waals surface area contributed by atoms with Crippen LogP contribution in [0.1, 0.15) is 17.3 Å². The molecule has 0 N–H and O–H groups in total. The fraction of sp³-hybridized carbons (Fsp3) is 0.211. The number of ether oxygens (including phenoxy) is 1. The van der Waals surface area contributed by atoms with Gasteiger partial charge in [-0.05, 0) is 18.2 Å². The average Bonchev–Trinajstić information content (AvgIpc) is 3.09. The summed E-state index contributed by atoms with van der Waals surface area (Å²) in [6.45, 7) is 1.13. The van der Waals surface area contributed by atoms with Gasteiger partial charge in [0.25, 0.3) is 11.6 Å². The van der Waals surface area contributed by atoms with Gasteiger partial charge in [0.1, 0.15) is 6.54 Å². The highest BCUT2D eigenvalue weighted by atomic mass is 32.2. The summed E-state index contributed by atoms with van der Waals surface area (Å²) in [5.74, 6) is -1.65. The van der Waals surface area contributed by atoms with Crippen LogP contribution in [0.25, 0.3) is 10.2 Å². The van der Waals surface area contributed by atoms with Crippen molar-refractivity contribution in [3.05, 3.63) is 62.9 Å². The molecule has 31 heavy (non-hydrogen) atoms. The van der Waals surface area contributed by atoms with E-state index in [0.29, 0.717) is 10.2 Å². The van der Waals surface area contributed by atoms with Crippen LogP contribution in [0.3, 0.4) is 0 Å². The highest BCUT2D eigenvalue weighted by Crippen LogP contribution is 2.24. The van der Waals surface area contributed by atoms with E-state index in [4.69, 9.17) is 0 Å². The molecule has 162 valence electrons. The zero-order valence-corrected chi connectivity index (χ0v) is 18.1. The first kappa shape index (κ1) is 22.3. The lowest BCUT2D eigenvalue weighted by molar-refractivity contribution is -0.384. The molecule has 0 unspecified atom stereocenters. The molecule has 0 fully saturated rings. The number of nitro groups is 1. The van der Waals surface area contributed by atoms with Gasteiger partial charge in [0.2, 0.25) is 0 Å². The molecule has 0 saturated carbocycles. The first-order chi connectivity index (χ1) is 14.7. The standard InChI is InChI=1S/C19H17N3O7S2/c1-3-31(27,28)16-7-5-4-6-13(16)18(24)20-19-21(11-17(23)29-2)14-10-12(22(25)26)8-9-15(14)30-19/h4-10H,3,11H2,1-2H3. The Balaban J connectivity index is 2.23. The number of amides is 1. The van der Waals surface area contributed by atoms with Crippen LogP contribution in [0.2, 0.25) is 0 Å². The maximum atomic E-state index is 12.9. The number of sulfone groups is 1. The molecule has 0 bridgehead atoms. The summed E-state index contributed by atoms with van der Waals surface area (Å²) in [5.41, 5.74) is 0.0317. The molecule has 0 aliphatic rings. The molecular formula is C19H17N3O7S2. The number of methoxy groups -OCH3 is 1. The summed E-state index contributed by atoms with van der Waals surface area (Å²) in [4.78, 5) is 39.3. The molecule has 1 aromatic heterocycles. The van der Waals surface area contributed by atoms with Gasteiger partial charge in [-0.3, -0.25) is 19.7 Å². The third kappa shape index (κ3) is 4.54. The summed E-state index contributed by atoms with van der Waals surface area (Å²) in [6, 6.07) is 9.79. The second kappa shape index (κ2) is 8.78. The number of carbonyl (C=O) groups excluding carboxylic acids is 2. The number of esters is 1. The summed E-state index contributed by atoms with van der Waals surface area (Å²) < 4.78 is 31.3. The Morgan fingerprint density at radius 1 is 1.23 bits per heavy atom. The molecule has 0 aliphatic heterocycles. The Labute approximate surface area is 180 Å². The number of carbonyl (C=O) groups is 2. The number of hydrogen-bond donors (Lipinski definition) is 0. The van der Waals surface area contributed by atoms with Crippen molar-refractivity contribution in [2.24, 2.45) is 4.99 Å². The van der Waals surface area contributed by atoms with Gasteiger partial charge in [0.15, 0.2) is 14.6 Å². The van der Waals surface area contributed by atoms with Crippen molar-refractivity contribution in [2.45, 2.75) is 18.4 Å². The van der Waals surface area contributed by atoms with Crippen molar-refractivity contribution in [1.29, 1.82) is 0 Å². The van der Waals surface area contributed by atoms with Crippen molar-refractivity contribution >= 4 is 49.0 Å². The fourth-order valence-corrected chi connectivity index (χ4v) is 4.92. The Hall–Kier alpha value is -3.38. The van der Waals surface area contributed by atoms with Crippen LogP contribution in [0.4, 0.5) is 5.69 Å². The topological polar surface area (TPSA) is 138 Å². The monoisotopic (exact) mass is 463 g/mol. The first-order valence-corrected chi connectivity index (χ1v) is 11.4. The summed E-state index contributed by atoms with van der Waals surface area (Å²) >= 11 is 1.03. The smallest absolute Gasteiger partial charge is 0.325 e. The molecule has 12 heteroatoms. The molecule has 1 amide bonds. The van der Waals surface area contributed by atoms with Crippen LogP contribution in [0.15, 0.2) is 52.4 Å². The van der Waals surface area contributed by atoms with E-state index in [0.717, 1.165) is 11.3 Å². The predicted molar refractivity (Wildman–Crippen MR) is 113 cm³/mol. The summed E-state index contributed by atoms with van der Waals surface area (Å²) in [6.07, 6.45) is 0. The van der Waals surface area contributed by atoms with Gasteiger partial charge in [-0.2, -0.15) is 4.99 Å². The van der Waals surface area contributed by atoms with Crippen LogP contribution in [0.5, 0.6) is 0 Å². The van der Waals surface area contributed by atoms with E-state index in [1.54, 1.807) is 0 Å². The zero-order valence-electron chi connectivity index (χ0n) is 16.5. The number of fused-ring (bicyclic) bond motifs is 1. The largest absolute Gasteiger partial charge is 0.468 e. The number of non-ortho nitro benzene ring substituents is 1. The van der Waals surface area contributed by atoms with Gasteiger partial charge in [0.05, 0.1) is 38.5 Å². The molecule has 0 spiro atoms. The van der Waals surface area contributed by atoms with E-state index >= 15 is 0 Å². The number of nitro benzene ring substituents is 1. The fourth-order valence-electron chi connectivity index (χ4n) is 2.82. The molecule has 0 aliphatic carbocycles. The normalized spacial score (nSPS) is 12.1. The van der Waals surface area contributed by atoms with E-state index in [9.17, 15) is 28.1 Å². The van der Waals surface area contributed by atoms with E-state index < -0.39 is 26.6 Å². The minimum Gasteiger partial charge on any atom is -0.468 e. The maximum absolute atomic E-state index is 12.9. The second-order valence-corrected chi connectivity index (χ2v) is 9.53. The van der Waals surface area contributed by atoms with Gasteiger partial charge >= 0.3 is 5.97 Å². The van der Waals surface area contributed by atoms with Crippen LogP contribution in [0, 0.1) is 10.1 Å². The zero-order chi connectivity index (χ0) is 22.8. The lowest BCUT2D eigenvalue weighted by Crippen LogP contribution is -2.23. The van der Waals surface area contributed by atoms with E-state index in [1.165, 1.54) is 61.1 Å². The molecule has 1 heterocycles. The number of aromatic nitrogens is 1. The third-order valence-electron chi connectivity index (χ3n) is 4.42. The Morgan fingerprint density at radius 2 is 1.94 bits per heavy atom. The van der Waals surface area contributed by atoms with Gasteiger partial charge in [0, 0.05) is 12.1 Å². The van der Waals surface area contributed by atoms with E-state index in [-0.39, 0.29) is 33.2 Å². The van der Waals surface area contributed by atoms with Crippen LogP contribution in [-0.2, 0) is 25.9 Å².